The maximum atomic E-state index is 3.56. The highest BCUT2D eigenvalue weighted by molar-refractivity contribution is 4.81. The van der Waals surface area contributed by atoms with E-state index in [4.69, 9.17) is 0 Å². The summed E-state index contributed by atoms with van der Waals surface area (Å²) in [5, 5.41) is 3.56. The molecule has 0 aromatic rings. The summed E-state index contributed by atoms with van der Waals surface area (Å²) in [5.41, 5.74) is 0.275. The standard InChI is InChI=1S/C16H34N2/c1-14(2)15-10-9-13-18(15)12-8-6-7-11-17-16(3,4)5/h14-15,17H,6-13H2,1-5H3. The molecule has 0 spiro atoms. The third-order valence-corrected chi connectivity index (χ3v) is 3.96. The van der Waals surface area contributed by atoms with E-state index in [1.807, 2.05) is 0 Å². The van der Waals surface area contributed by atoms with Crippen LogP contribution in [0.3, 0.4) is 0 Å². The number of rotatable bonds is 7. The first-order valence-electron chi connectivity index (χ1n) is 7.89. The van der Waals surface area contributed by atoms with Crippen molar-refractivity contribution in [3.05, 3.63) is 0 Å². The zero-order valence-electron chi connectivity index (χ0n) is 13.3. The van der Waals surface area contributed by atoms with Gasteiger partial charge in [-0.05, 0) is 72.0 Å². The molecule has 1 fully saturated rings. The second kappa shape index (κ2) is 7.49. The predicted molar refractivity (Wildman–Crippen MR) is 81.0 cm³/mol. The summed E-state index contributed by atoms with van der Waals surface area (Å²) < 4.78 is 0. The molecule has 1 rings (SSSR count). The third kappa shape index (κ3) is 6.19. The van der Waals surface area contributed by atoms with Gasteiger partial charge >= 0.3 is 0 Å². The summed E-state index contributed by atoms with van der Waals surface area (Å²) in [5.74, 6) is 0.829. The van der Waals surface area contributed by atoms with Gasteiger partial charge in [-0.25, -0.2) is 0 Å². The normalized spacial score (nSPS) is 22.0. The molecule has 1 atom stereocenters. The maximum Gasteiger partial charge on any atom is 0.0119 e. The SMILES string of the molecule is CC(C)C1CCCN1CCCCCNC(C)(C)C. The molecule has 0 amide bonds. The lowest BCUT2D eigenvalue weighted by molar-refractivity contribution is 0.202. The largest absolute Gasteiger partial charge is 0.312 e. The number of nitrogens with zero attached hydrogens (tertiary/aromatic N) is 1. The van der Waals surface area contributed by atoms with Crippen LogP contribution in [0.15, 0.2) is 0 Å². The fraction of sp³-hybridized carbons (Fsp3) is 1.00. The smallest absolute Gasteiger partial charge is 0.0119 e. The van der Waals surface area contributed by atoms with Crippen LogP contribution in [0.1, 0.15) is 66.7 Å². The quantitative estimate of drug-likeness (QED) is 0.697. The van der Waals surface area contributed by atoms with Crippen LogP contribution in [-0.4, -0.2) is 36.1 Å². The highest BCUT2D eigenvalue weighted by atomic mass is 15.2. The van der Waals surface area contributed by atoms with Crippen molar-refractivity contribution >= 4 is 0 Å². The summed E-state index contributed by atoms with van der Waals surface area (Å²) in [4.78, 5) is 2.72. The van der Waals surface area contributed by atoms with Gasteiger partial charge < -0.3 is 10.2 Å². The van der Waals surface area contributed by atoms with Gasteiger partial charge in [0, 0.05) is 11.6 Å². The van der Waals surface area contributed by atoms with Crippen molar-refractivity contribution in [2.75, 3.05) is 19.6 Å². The molecule has 1 saturated heterocycles. The molecule has 18 heavy (non-hydrogen) atoms. The van der Waals surface area contributed by atoms with E-state index in [0.29, 0.717) is 0 Å². The van der Waals surface area contributed by atoms with Gasteiger partial charge in [0.1, 0.15) is 0 Å². The van der Waals surface area contributed by atoms with Gasteiger partial charge in [-0.15, -0.1) is 0 Å². The zero-order valence-corrected chi connectivity index (χ0v) is 13.3. The third-order valence-electron chi connectivity index (χ3n) is 3.96. The summed E-state index contributed by atoms with van der Waals surface area (Å²) in [6.07, 6.45) is 6.88. The molecule has 1 heterocycles. The summed E-state index contributed by atoms with van der Waals surface area (Å²) in [6, 6.07) is 0.859. The molecular formula is C16H34N2. The van der Waals surface area contributed by atoms with Crippen LogP contribution < -0.4 is 5.32 Å². The molecule has 0 bridgehead atoms. The van der Waals surface area contributed by atoms with Gasteiger partial charge in [-0.1, -0.05) is 20.3 Å². The van der Waals surface area contributed by atoms with Crippen LogP contribution in [0.25, 0.3) is 0 Å². The van der Waals surface area contributed by atoms with Crippen LogP contribution in [-0.2, 0) is 0 Å². The summed E-state index contributed by atoms with van der Waals surface area (Å²) in [7, 11) is 0. The summed E-state index contributed by atoms with van der Waals surface area (Å²) in [6.45, 7) is 15.3. The Morgan fingerprint density at radius 2 is 1.89 bits per heavy atom. The molecular weight excluding hydrogens is 220 g/mol. The maximum absolute atomic E-state index is 3.56. The number of hydrogen-bond acceptors (Lipinski definition) is 2. The van der Waals surface area contributed by atoms with E-state index in [0.717, 1.165) is 18.5 Å². The second-order valence-corrected chi connectivity index (χ2v) is 7.23. The Balaban J connectivity index is 2.04. The van der Waals surface area contributed by atoms with E-state index in [1.54, 1.807) is 0 Å². The lowest BCUT2D eigenvalue weighted by Crippen LogP contribution is -2.36. The average molecular weight is 254 g/mol. The van der Waals surface area contributed by atoms with Crippen molar-refractivity contribution in [1.29, 1.82) is 0 Å². The van der Waals surface area contributed by atoms with Gasteiger partial charge in [0.05, 0.1) is 0 Å². The predicted octanol–water partition coefficient (Wildman–Crippen LogP) is 3.67. The van der Waals surface area contributed by atoms with Crippen molar-refractivity contribution < 1.29 is 0 Å². The van der Waals surface area contributed by atoms with E-state index >= 15 is 0 Å². The van der Waals surface area contributed by atoms with Gasteiger partial charge in [0.15, 0.2) is 0 Å². The molecule has 108 valence electrons. The first-order valence-corrected chi connectivity index (χ1v) is 7.89. The fourth-order valence-corrected chi connectivity index (χ4v) is 2.96. The Labute approximate surface area is 115 Å². The van der Waals surface area contributed by atoms with Crippen LogP contribution in [0.4, 0.5) is 0 Å². The van der Waals surface area contributed by atoms with Gasteiger partial charge in [-0.2, -0.15) is 0 Å². The van der Waals surface area contributed by atoms with Gasteiger partial charge in [-0.3, -0.25) is 0 Å². The lowest BCUT2D eigenvalue weighted by Gasteiger charge is -2.27. The highest BCUT2D eigenvalue weighted by Crippen LogP contribution is 2.23. The molecule has 1 N–H and O–H groups in total. The van der Waals surface area contributed by atoms with Crippen LogP contribution >= 0.6 is 0 Å². The fourth-order valence-electron chi connectivity index (χ4n) is 2.96. The Kier molecular flexibility index (Phi) is 6.65. The molecule has 1 unspecified atom stereocenters. The molecule has 0 aromatic heterocycles. The van der Waals surface area contributed by atoms with E-state index in [9.17, 15) is 0 Å². The first-order chi connectivity index (χ1) is 8.40. The van der Waals surface area contributed by atoms with Crippen molar-refractivity contribution in [3.63, 3.8) is 0 Å². The van der Waals surface area contributed by atoms with E-state index in [-0.39, 0.29) is 5.54 Å². The average Bonchev–Trinajstić information content (AvgIpc) is 2.69. The minimum atomic E-state index is 0.275. The monoisotopic (exact) mass is 254 g/mol. The van der Waals surface area contributed by atoms with Crippen LogP contribution in [0.5, 0.6) is 0 Å². The highest BCUT2D eigenvalue weighted by Gasteiger charge is 2.25. The number of likely N-dealkylation sites (tertiary alicyclic amines) is 1. The van der Waals surface area contributed by atoms with E-state index < -0.39 is 0 Å². The topological polar surface area (TPSA) is 15.3 Å². The Morgan fingerprint density at radius 3 is 2.50 bits per heavy atom. The van der Waals surface area contributed by atoms with E-state index in [2.05, 4.69) is 44.8 Å². The number of hydrogen-bond donors (Lipinski definition) is 1. The lowest BCUT2D eigenvalue weighted by atomic mass is 10.0. The second-order valence-electron chi connectivity index (χ2n) is 7.23. The Bertz CT molecular complexity index is 218. The van der Waals surface area contributed by atoms with Crippen molar-refractivity contribution in [1.82, 2.24) is 10.2 Å². The number of nitrogens with one attached hydrogen (secondary N) is 1. The molecule has 1 aliphatic heterocycles. The molecule has 0 aliphatic carbocycles. The van der Waals surface area contributed by atoms with E-state index in [1.165, 1.54) is 45.2 Å². The molecule has 1 aliphatic rings. The first kappa shape index (κ1) is 16.0. The molecule has 2 nitrogen and oxygen atoms in total. The molecule has 0 saturated carbocycles. The zero-order chi connectivity index (χ0) is 13.6. The van der Waals surface area contributed by atoms with Crippen molar-refractivity contribution in [2.24, 2.45) is 5.92 Å². The summed E-state index contributed by atoms with van der Waals surface area (Å²) >= 11 is 0. The number of unbranched alkanes of at least 4 members (excludes halogenated alkanes) is 2. The van der Waals surface area contributed by atoms with Gasteiger partial charge in [0.2, 0.25) is 0 Å². The van der Waals surface area contributed by atoms with Crippen molar-refractivity contribution in [3.8, 4) is 0 Å². The minimum absolute atomic E-state index is 0.275. The van der Waals surface area contributed by atoms with Crippen LogP contribution in [0.2, 0.25) is 0 Å². The van der Waals surface area contributed by atoms with Gasteiger partial charge in [0.25, 0.3) is 0 Å². The minimum Gasteiger partial charge on any atom is -0.312 e. The Hall–Kier alpha value is -0.0800. The molecule has 0 aromatic carbocycles. The molecule has 2 heteroatoms. The van der Waals surface area contributed by atoms with Crippen LogP contribution in [0, 0.1) is 5.92 Å². The molecule has 0 radical (unpaired) electrons. The Morgan fingerprint density at radius 1 is 1.17 bits per heavy atom. The van der Waals surface area contributed by atoms with Crippen molar-refractivity contribution in [2.45, 2.75) is 78.3 Å².